The number of phenols is 2. The van der Waals surface area contributed by atoms with Crippen LogP contribution >= 0.6 is 0 Å². The van der Waals surface area contributed by atoms with Crippen molar-refractivity contribution >= 4 is 11.0 Å². The van der Waals surface area contributed by atoms with E-state index in [0.717, 1.165) is 11.1 Å². The molecule has 3 rings (SSSR count). The van der Waals surface area contributed by atoms with Crippen molar-refractivity contribution in [2.45, 2.75) is 33.1 Å². The first kappa shape index (κ1) is 14.4. The van der Waals surface area contributed by atoms with Gasteiger partial charge in [0.15, 0.2) is 0 Å². The standard InChI is InChI=1S/C17H19N3O2/c1-10-7-12(17(2,3)4)16(22)15(8-10)20-18-13-6-5-11(21)9-14(13)19-20/h5-9,21-22H,1-4H3. The van der Waals surface area contributed by atoms with E-state index in [2.05, 4.69) is 31.0 Å². The molecule has 1 heterocycles. The Balaban J connectivity index is 2.24. The third kappa shape index (κ3) is 2.39. The first-order chi connectivity index (χ1) is 10.3. The van der Waals surface area contributed by atoms with Gasteiger partial charge >= 0.3 is 0 Å². The SMILES string of the molecule is Cc1cc(-n2nc3ccc(O)cc3n2)c(O)c(C(C)(C)C)c1. The third-order valence-corrected chi connectivity index (χ3v) is 3.62. The molecule has 0 unspecified atom stereocenters. The summed E-state index contributed by atoms with van der Waals surface area (Å²) in [6.07, 6.45) is 0. The lowest BCUT2D eigenvalue weighted by Gasteiger charge is -2.22. The van der Waals surface area contributed by atoms with Gasteiger partial charge in [-0.3, -0.25) is 0 Å². The summed E-state index contributed by atoms with van der Waals surface area (Å²) in [5.41, 5.74) is 3.49. The summed E-state index contributed by atoms with van der Waals surface area (Å²) in [7, 11) is 0. The molecule has 0 amide bonds. The number of rotatable bonds is 1. The minimum absolute atomic E-state index is 0.142. The molecule has 5 nitrogen and oxygen atoms in total. The lowest BCUT2D eigenvalue weighted by atomic mass is 9.85. The molecule has 0 aliphatic carbocycles. The second-order valence-electron chi connectivity index (χ2n) is 6.59. The molecule has 0 saturated carbocycles. The molecule has 1 aromatic heterocycles. The fourth-order valence-corrected chi connectivity index (χ4v) is 2.49. The van der Waals surface area contributed by atoms with Crippen molar-refractivity contribution in [1.82, 2.24) is 15.0 Å². The molecule has 2 aromatic carbocycles. The summed E-state index contributed by atoms with van der Waals surface area (Å²) in [6.45, 7) is 8.14. The molecule has 0 atom stereocenters. The molecule has 0 saturated heterocycles. The Kier molecular flexibility index (Phi) is 3.09. The van der Waals surface area contributed by atoms with E-state index in [1.807, 2.05) is 19.1 Å². The Hall–Kier alpha value is -2.56. The normalized spacial score (nSPS) is 12.0. The topological polar surface area (TPSA) is 71.2 Å². The highest BCUT2D eigenvalue weighted by Gasteiger charge is 2.22. The number of phenolic OH excluding ortho intramolecular Hbond substituents is 2. The predicted molar refractivity (Wildman–Crippen MR) is 85.6 cm³/mol. The van der Waals surface area contributed by atoms with Crippen molar-refractivity contribution in [1.29, 1.82) is 0 Å². The van der Waals surface area contributed by atoms with Crippen LogP contribution in [-0.2, 0) is 5.41 Å². The molecular formula is C17H19N3O2. The van der Waals surface area contributed by atoms with Crippen LogP contribution in [0.1, 0.15) is 31.9 Å². The van der Waals surface area contributed by atoms with Crippen LogP contribution in [0.4, 0.5) is 0 Å². The lowest BCUT2D eigenvalue weighted by molar-refractivity contribution is 0.440. The number of benzene rings is 2. The average Bonchev–Trinajstić information content (AvgIpc) is 2.82. The van der Waals surface area contributed by atoms with Crippen LogP contribution in [0.2, 0.25) is 0 Å². The number of aryl methyl sites for hydroxylation is 1. The van der Waals surface area contributed by atoms with Crippen LogP contribution in [0.3, 0.4) is 0 Å². The number of fused-ring (bicyclic) bond motifs is 1. The molecule has 0 fully saturated rings. The number of aromatic nitrogens is 3. The Morgan fingerprint density at radius 3 is 2.32 bits per heavy atom. The van der Waals surface area contributed by atoms with Crippen LogP contribution in [0, 0.1) is 6.92 Å². The first-order valence-corrected chi connectivity index (χ1v) is 7.16. The van der Waals surface area contributed by atoms with Crippen molar-refractivity contribution in [3.63, 3.8) is 0 Å². The van der Waals surface area contributed by atoms with E-state index in [9.17, 15) is 10.2 Å². The molecule has 3 aromatic rings. The van der Waals surface area contributed by atoms with Crippen molar-refractivity contribution in [3.8, 4) is 17.2 Å². The van der Waals surface area contributed by atoms with E-state index in [4.69, 9.17) is 0 Å². The van der Waals surface area contributed by atoms with Gasteiger partial charge in [-0.1, -0.05) is 26.8 Å². The zero-order valence-corrected chi connectivity index (χ0v) is 13.1. The van der Waals surface area contributed by atoms with Crippen molar-refractivity contribution in [2.24, 2.45) is 0 Å². The Morgan fingerprint density at radius 2 is 1.64 bits per heavy atom. The highest BCUT2D eigenvalue weighted by atomic mass is 16.3. The molecule has 0 spiro atoms. The number of aromatic hydroxyl groups is 2. The van der Waals surface area contributed by atoms with Crippen LogP contribution in [0.15, 0.2) is 30.3 Å². The van der Waals surface area contributed by atoms with Crippen LogP contribution in [-0.4, -0.2) is 25.2 Å². The van der Waals surface area contributed by atoms with Gasteiger partial charge in [0.05, 0.1) is 0 Å². The minimum Gasteiger partial charge on any atom is -0.508 e. The maximum Gasteiger partial charge on any atom is 0.146 e. The molecule has 0 aliphatic rings. The number of hydrogen-bond donors (Lipinski definition) is 2. The van der Waals surface area contributed by atoms with Gasteiger partial charge < -0.3 is 10.2 Å². The van der Waals surface area contributed by atoms with E-state index in [-0.39, 0.29) is 16.9 Å². The smallest absolute Gasteiger partial charge is 0.146 e. The van der Waals surface area contributed by atoms with Crippen LogP contribution < -0.4 is 0 Å². The molecule has 0 aliphatic heterocycles. The molecule has 0 radical (unpaired) electrons. The Morgan fingerprint density at radius 1 is 0.955 bits per heavy atom. The average molecular weight is 297 g/mol. The molecule has 5 heteroatoms. The highest BCUT2D eigenvalue weighted by Crippen LogP contribution is 2.36. The van der Waals surface area contributed by atoms with Crippen LogP contribution in [0.25, 0.3) is 16.7 Å². The molecule has 114 valence electrons. The second kappa shape index (κ2) is 4.73. The second-order valence-corrected chi connectivity index (χ2v) is 6.59. The highest BCUT2D eigenvalue weighted by molar-refractivity contribution is 5.75. The maximum absolute atomic E-state index is 10.6. The van der Waals surface area contributed by atoms with E-state index >= 15 is 0 Å². The van der Waals surface area contributed by atoms with Gasteiger partial charge in [0.2, 0.25) is 0 Å². The molecule has 0 bridgehead atoms. The molecule has 22 heavy (non-hydrogen) atoms. The van der Waals surface area contributed by atoms with Gasteiger partial charge in [0, 0.05) is 11.6 Å². The fraction of sp³-hybridized carbons (Fsp3) is 0.294. The van der Waals surface area contributed by atoms with Gasteiger partial charge in [0.1, 0.15) is 28.2 Å². The Bertz CT molecular complexity index is 860. The van der Waals surface area contributed by atoms with Crippen LogP contribution in [0.5, 0.6) is 11.5 Å². The minimum atomic E-state index is -0.185. The monoisotopic (exact) mass is 297 g/mol. The maximum atomic E-state index is 10.6. The van der Waals surface area contributed by atoms with Gasteiger partial charge in [-0.25, -0.2) is 0 Å². The van der Waals surface area contributed by atoms with Crippen molar-refractivity contribution in [3.05, 3.63) is 41.5 Å². The van der Waals surface area contributed by atoms with E-state index in [0.29, 0.717) is 16.7 Å². The van der Waals surface area contributed by atoms with E-state index in [1.54, 1.807) is 18.2 Å². The quantitative estimate of drug-likeness (QED) is 0.722. The first-order valence-electron chi connectivity index (χ1n) is 7.16. The van der Waals surface area contributed by atoms with Gasteiger partial charge in [-0.15, -0.1) is 15.0 Å². The predicted octanol–water partition coefficient (Wildman–Crippen LogP) is 3.44. The molecular weight excluding hydrogens is 278 g/mol. The fourth-order valence-electron chi connectivity index (χ4n) is 2.49. The Labute approximate surface area is 128 Å². The third-order valence-electron chi connectivity index (χ3n) is 3.62. The summed E-state index contributed by atoms with van der Waals surface area (Å²) in [6, 6.07) is 8.65. The summed E-state index contributed by atoms with van der Waals surface area (Å²) in [4.78, 5) is 1.42. The lowest BCUT2D eigenvalue weighted by Crippen LogP contribution is -2.13. The van der Waals surface area contributed by atoms with Gasteiger partial charge in [-0.05, 0) is 36.1 Å². The number of hydrogen-bond acceptors (Lipinski definition) is 4. The van der Waals surface area contributed by atoms with E-state index in [1.165, 1.54) is 4.80 Å². The molecule has 2 N–H and O–H groups in total. The summed E-state index contributed by atoms with van der Waals surface area (Å²) < 4.78 is 0. The van der Waals surface area contributed by atoms with E-state index < -0.39 is 0 Å². The van der Waals surface area contributed by atoms with Gasteiger partial charge in [-0.2, -0.15) is 0 Å². The number of nitrogens with zero attached hydrogens (tertiary/aromatic N) is 3. The largest absolute Gasteiger partial charge is 0.508 e. The van der Waals surface area contributed by atoms with Crippen molar-refractivity contribution in [2.75, 3.05) is 0 Å². The summed E-state index contributed by atoms with van der Waals surface area (Å²) in [5, 5.41) is 28.9. The zero-order valence-electron chi connectivity index (χ0n) is 13.1. The van der Waals surface area contributed by atoms with Gasteiger partial charge in [0.25, 0.3) is 0 Å². The summed E-state index contributed by atoms with van der Waals surface area (Å²) in [5.74, 6) is 0.325. The zero-order chi connectivity index (χ0) is 16.1. The summed E-state index contributed by atoms with van der Waals surface area (Å²) >= 11 is 0. The van der Waals surface area contributed by atoms with Crippen molar-refractivity contribution < 1.29 is 10.2 Å².